The maximum Gasteiger partial charge on any atom is 0.248 e. The second kappa shape index (κ2) is 8.24. The predicted molar refractivity (Wildman–Crippen MR) is 107 cm³/mol. The first-order valence-electron chi connectivity index (χ1n) is 10.4. The van der Waals surface area contributed by atoms with E-state index in [2.05, 4.69) is 35.4 Å². The number of piperidine rings is 1. The highest BCUT2D eigenvalue weighted by Crippen LogP contribution is 2.31. The smallest absolute Gasteiger partial charge is 0.248 e. The number of amides is 1. The monoisotopic (exact) mass is 383 g/mol. The predicted octanol–water partition coefficient (Wildman–Crippen LogP) is 3.11. The van der Waals surface area contributed by atoms with Crippen LogP contribution in [0.2, 0.25) is 0 Å². The van der Waals surface area contributed by atoms with Crippen LogP contribution in [0.5, 0.6) is 0 Å². The summed E-state index contributed by atoms with van der Waals surface area (Å²) in [4.78, 5) is 28.4. The van der Waals surface area contributed by atoms with E-state index in [0.717, 1.165) is 61.9 Å². The Labute approximate surface area is 165 Å². The van der Waals surface area contributed by atoms with Crippen LogP contribution in [0.3, 0.4) is 0 Å². The molecule has 3 heterocycles. The molecule has 0 atom stereocenters. The Morgan fingerprint density at radius 1 is 1.04 bits per heavy atom. The summed E-state index contributed by atoms with van der Waals surface area (Å²) in [5.41, 5.74) is 1.95. The molecule has 1 saturated carbocycles. The molecular formula is C20H29N7O. The molecule has 8 nitrogen and oxygen atoms in total. The molecular weight excluding hydrogens is 354 g/mol. The van der Waals surface area contributed by atoms with Crippen LogP contribution in [0.4, 0.5) is 11.9 Å². The fraction of sp³-hybridized carbons (Fsp3) is 0.650. The number of rotatable bonds is 4. The van der Waals surface area contributed by atoms with Crippen molar-refractivity contribution in [1.82, 2.24) is 25.1 Å². The molecule has 0 spiro atoms. The minimum Gasteiger partial charge on any atom is -0.341 e. The molecule has 2 aromatic rings. The molecule has 1 aliphatic heterocycles. The van der Waals surface area contributed by atoms with Gasteiger partial charge in [-0.05, 0) is 45.6 Å². The lowest BCUT2D eigenvalue weighted by molar-refractivity contribution is -0.120. The Morgan fingerprint density at radius 3 is 2.39 bits per heavy atom. The quantitative estimate of drug-likeness (QED) is 0.841. The van der Waals surface area contributed by atoms with Crippen molar-refractivity contribution in [3.05, 3.63) is 23.3 Å². The highest BCUT2D eigenvalue weighted by atomic mass is 16.2. The maximum absolute atomic E-state index is 12.6. The number of hydrogen-bond acceptors (Lipinski definition) is 6. The van der Waals surface area contributed by atoms with Crippen molar-refractivity contribution in [2.24, 2.45) is 5.92 Å². The van der Waals surface area contributed by atoms with Gasteiger partial charge < -0.3 is 4.90 Å². The zero-order valence-electron chi connectivity index (χ0n) is 16.7. The molecule has 0 unspecified atom stereocenters. The van der Waals surface area contributed by atoms with Crippen molar-refractivity contribution in [2.75, 3.05) is 23.3 Å². The van der Waals surface area contributed by atoms with Crippen LogP contribution in [-0.2, 0) is 4.79 Å². The topological polar surface area (TPSA) is 99.7 Å². The van der Waals surface area contributed by atoms with Gasteiger partial charge in [0.2, 0.25) is 17.8 Å². The maximum atomic E-state index is 12.6. The normalized spacial score (nSPS) is 19.0. The number of carbonyl (C=O) groups is 1. The van der Waals surface area contributed by atoms with E-state index in [9.17, 15) is 4.79 Å². The summed E-state index contributed by atoms with van der Waals surface area (Å²) in [6.45, 7) is 5.53. The molecule has 0 aromatic carbocycles. The van der Waals surface area contributed by atoms with Gasteiger partial charge in [0, 0.05) is 36.3 Å². The summed E-state index contributed by atoms with van der Waals surface area (Å²) >= 11 is 0. The second-order valence-electron chi connectivity index (χ2n) is 8.08. The first kappa shape index (κ1) is 18.8. The lowest BCUT2D eigenvalue weighted by Gasteiger charge is -2.31. The van der Waals surface area contributed by atoms with E-state index in [1.54, 1.807) is 0 Å². The van der Waals surface area contributed by atoms with Gasteiger partial charge in [-0.25, -0.2) is 9.97 Å². The van der Waals surface area contributed by atoms with E-state index in [4.69, 9.17) is 0 Å². The van der Waals surface area contributed by atoms with Gasteiger partial charge in [0.15, 0.2) is 0 Å². The average molecular weight is 384 g/mol. The standard InChI is InChI=1S/C20H29N7O/c1-13-12-14(2)22-20(21-13)27-10-8-16(9-11-27)18(28)24-19-23-17(25-26-19)15-6-4-3-5-7-15/h12,15-16H,3-11H2,1-2H3,(H2,23,24,25,26,28). The summed E-state index contributed by atoms with van der Waals surface area (Å²) < 4.78 is 0. The summed E-state index contributed by atoms with van der Waals surface area (Å²) in [6.07, 6.45) is 7.67. The number of aromatic amines is 1. The van der Waals surface area contributed by atoms with Crippen LogP contribution < -0.4 is 10.2 Å². The van der Waals surface area contributed by atoms with E-state index in [-0.39, 0.29) is 11.8 Å². The molecule has 2 aromatic heterocycles. The molecule has 8 heteroatoms. The number of aromatic nitrogens is 5. The molecule has 2 aliphatic rings. The van der Waals surface area contributed by atoms with Gasteiger partial charge >= 0.3 is 0 Å². The zero-order chi connectivity index (χ0) is 19.5. The van der Waals surface area contributed by atoms with Gasteiger partial charge in [-0.2, -0.15) is 4.98 Å². The second-order valence-corrected chi connectivity index (χ2v) is 8.08. The van der Waals surface area contributed by atoms with Gasteiger partial charge in [-0.1, -0.05) is 19.3 Å². The molecule has 28 heavy (non-hydrogen) atoms. The first-order chi connectivity index (χ1) is 13.6. The number of nitrogens with one attached hydrogen (secondary N) is 2. The Morgan fingerprint density at radius 2 is 1.71 bits per heavy atom. The minimum atomic E-state index is -0.0289. The van der Waals surface area contributed by atoms with Crippen molar-refractivity contribution in [3.8, 4) is 0 Å². The Hall–Kier alpha value is -2.51. The van der Waals surface area contributed by atoms with Crippen LogP contribution >= 0.6 is 0 Å². The summed E-state index contributed by atoms with van der Waals surface area (Å²) in [6, 6.07) is 1.97. The third-order valence-electron chi connectivity index (χ3n) is 5.85. The van der Waals surface area contributed by atoms with Crippen LogP contribution in [0.15, 0.2) is 6.07 Å². The van der Waals surface area contributed by atoms with Crippen molar-refractivity contribution in [3.63, 3.8) is 0 Å². The third kappa shape index (κ3) is 4.31. The molecule has 2 N–H and O–H groups in total. The number of H-pyrrole nitrogens is 1. The van der Waals surface area contributed by atoms with Gasteiger partial charge in [0.05, 0.1) is 0 Å². The van der Waals surface area contributed by atoms with E-state index in [1.807, 2.05) is 19.9 Å². The van der Waals surface area contributed by atoms with Gasteiger partial charge in [0.25, 0.3) is 0 Å². The lowest BCUT2D eigenvalue weighted by Crippen LogP contribution is -2.39. The van der Waals surface area contributed by atoms with Crippen molar-refractivity contribution in [2.45, 2.75) is 64.7 Å². The number of aryl methyl sites for hydroxylation is 2. The molecule has 4 rings (SSSR count). The van der Waals surface area contributed by atoms with Crippen molar-refractivity contribution < 1.29 is 4.79 Å². The SMILES string of the molecule is Cc1cc(C)nc(N2CCC(C(=O)Nc3n[nH]c(C4CCCCC4)n3)CC2)n1. The molecule has 1 amide bonds. The lowest BCUT2D eigenvalue weighted by atomic mass is 9.89. The average Bonchev–Trinajstić information content (AvgIpc) is 3.16. The first-order valence-corrected chi connectivity index (χ1v) is 10.4. The highest BCUT2D eigenvalue weighted by molar-refractivity contribution is 5.91. The molecule has 0 radical (unpaired) electrons. The van der Waals surface area contributed by atoms with E-state index in [1.165, 1.54) is 19.3 Å². The zero-order valence-corrected chi connectivity index (χ0v) is 16.7. The molecule has 2 fully saturated rings. The van der Waals surface area contributed by atoms with Crippen molar-refractivity contribution >= 4 is 17.8 Å². The Kier molecular flexibility index (Phi) is 5.54. The number of hydrogen-bond donors (Lipinski definition) is 2. The summed E-state index contributed by atoms with van der Waals surface area (Å²) in [5.74, 6) is 2.52. The van der Waals surface area contributed by atoms with Crippen molar-refractivity contribution in [1.29, 1.82) is 0 Å². The van der Waals surface area contributed by atoms with E-state index < -0.39 is 0 Å². The summed E-state index contributed by atoms with van der Waals surface area (Å²) in [5, 5.41) is 10.1. The number of carbonyl (C=O) groups excluding carboxylic acids is 1. The Balaban J connectivity index is 1.31. The Bertz CT molecular complexity index is 799. The summed E-state index contributed by atoms with van der Waals surface area (Å²) in [7, 11) is 0. The molecule has 1 saturated heterocycles. The van der Waals surface area contributed by atoms with E-state index in [0.29, 0.717) is 11.9 Å². The van der Waals surface area contributed by atoms with E-state index >= 15 is 0 Å². The third-order valence-corrected chi connectivity index (χ3v) is 5.85. The largest absolute Gasteiger partial charge is 0.341 e. The van der Waals surface area contributed by atoms with Gasteiger partial charge in [-0.3, -0.25) is 15.2 Å². The van der Waals surface area contributed by atoms with Crippen LogP contribution in [-0.4, -0.2) is 44.1 Å². The molecule has 1 aliphatic carbocycles. The highest BCUT2D eigenvalue weighted by Gasteiger charge is 2.27. The van der Waals surface area contributed by atoms with Crippen LogP contribution in [0.25, 0.3) is 0 Å². The number of anilines is 2. The minimum absolute atomic E-state index is 0.00943. The number of nitrogens with zero attached hydrogens (tertiary/aromatic N) is 5. The van der Waals surface area contributed by atoms with Gasteiger partial charge in [-0.15, -0.1) is 5.10 Å². The molecule has 0 bridgehead atoms. The fourth-order valence-electron chi connectivity index (χ4n) is 4.29. The molecule has 150 valence electrons. The fourth-order valence-corrected chi connectivity index (χ4v) is 4.29. The van der Waals surface area contributed by atoms with Crippen LogP contribution in [0.1, 0.15) is 68.1 Å². The van der Waals surface area contributed by atoms with Crippen LogP contribution in [0, 0.1) is 19.8 Å². The van der Waals surface area contributed by atoms with Gasteiger partial charge in [0.1, 0.15) is 5.82 Å².